The van der Waals surface area contributed by atoms with Crippen LogP contribution in [0.1, 0.15) is 19.4 Å². The predicted octanol–water partition coefficient (Wildman–Crippen LogP) is 2.48. The lowest BCUT2D eigenvalue weighted by Crippen LogP contribution is -2.32. The fraction of sp³-hybridized carbons (Fsp3) is 0.500. The highest BCUT2D eigenvalue weighted by atomic mass is 32.2. The molecule has 1 aliphatic heterocycles. The van der Waals surface area contributed by atoms with Gasteiger partial charge in [-0.3, -0.25) is 0 Å². The molecule has 82 valence electrons. The molecule has 0 spiro atoms. The monoisotopic (exact) mass is 224 g/mol. The van der Waals surface area contributed by atoms with Crippen molar-refractivity contribution in [1.29, 1.82) is 0 Å². The summed E-state index contributed by atoms with van der Waals surface area (Å²) in [7, 11) is 1.68. The number of ether oxygens (including phenoxy) is 1. The summed E-state index contributed by atoms with van der Waals surface area (Å²) in [5.74, 6) is 0.894. The van der Waals surface area contributed by atoms with Crippen molar-refractivity contribution in [2.24, 2.45) is 0 Å². The van der Waals surface area contributed by atoms with Crippen LogP contribution in [0.15, 0.2) is 23.1 Å². The highest BCUT2D eigenvalue weighted by molar-refractivity contribution is 8.00. The van der Waals surface area contributed by atoms with Crippen molar-refractivity contribution >= 4 is 11.8 Å². The Labute approximate surface area is 94.6 Å². The number of hydrogen-bond donors (Lipinski definition) is 1. The van der Waals surface area contributed by atoms with Crippen LogP contribution in [-0.2, 0) is 6.42 Å². The summed E-state index contributed by atoms with van der Waals surface area (Å²) in [5.41, 5.74) is 0.656. The largest absolute Gasteiger partial charge is 0.497 e. The van der Waals surface area contributed by atoms with E-state index in [0.29, 0.717) is 0 Å². The molecule has 3 heteroatoms. The van der Waals surface area contributed by atoms with E-state index in [0.717, 1.165) is 12.2 Å². The van der Waals surface area contributed by atoms with E-state index >= 15 is 0 Å². The Morgan fingerprint density at radius 1 is 1.47 bits per heavy atom. The summed E-state index contributed by atoms with van der Waals surface area (Å²) in [6, 6.07) is 6.11. The van der Waals surface area contributed by atoms with Crippen LogP contribution >= 0.6 is 11.8 Å². The molecule has 0 bridgehead atoms. The second-order valence-corrected chi connectivity index (χ2v) is 5.68. The van der Waals surface area contributed by atoms with E-state index in [9.17, 15) is 5.11 Å². The minimum Gasteiger partial charge on any atom is -0.497 e. The van der Waals surface area contributed by atoms with E-state index in [2.05, 4.69) is 12.1 Å². The fourth-order valence-electron chi connectivity index (χ4n) is 1.75. The van der Waals surface area contributed by atoms with Gasteiger partial charge in [-0.2, -0.15) is 0 Å². The van der Waals surface area contributed by atoms with E-state index in [1.54, 1.807) is 18.9 Å². The number of rotatable bonds is 2. The van der Waals surface area contributed by atoms with E-state index < -0.39 is 5.60 Å². The van der Waals surface area contributed by atoms with Crippen molar-refractivity contribution in [3.8, 4) is 5.75 Å². The lowest BCUT2D eigenvalue weighted by molar-refractivity contribution is 0.0786. The molecule has 1 unspecified atom stereocenters. The summed E-state index contributed by atoms with van der Waals surface area (Å²) in [5, 5.41) is 10.2. The Kier molecular flexibility index (Phi) is 2.69. The molecule has 1 atom stereocenters. The SMILES string of the molecule is COc1ccc2c(c1)CC(C(C)(C)O)S2. The highest BCUT2D eigenvalue weighted by Gasteiger charge is 2.33. The molecule has 1 aliphatic rings. The molecule has 0 saturated heterocycles. The van der Waals surface area contributed by atoms with Crippen LogP contribution in [0.3, 0.4) is 0 Å². The van der Waals surface area contributed by atoms with Gasteiger partial charge < -0.3 is 9.84 Å². The molecule has 0 amide bonds. The maximum Gasteiger partial charge on any atom is 0.119 e. The van der Waals surface area contributed by atoms with Gasteiger partial charge in [-0.15, -0.1) is 11.8 Å². The van der Waals surface area contributed by atoms with Crippen LogP contribution < -0.4 is 4.74 Å². The highest BCUT2D eigenvalue weighted by Crippen LogP contribution is 2.42. The number of fused-ring (bicyclic) bond motifs is 1. The van der Waals surface area contributed by atoms with E-state index in [4.69, 9.17) is 4.74 Å². The van der Waals surface area contributed by atoms with Crippen molar-refractivity contribution in [2.75, 3.05) is 7.11 Å². The second-order valence-electron chi connectivity index (χ2n) is 4.44. The quantitative estimate of drug-likeness (QED) is 0.837. The molecule has 1 aromatic rings. The third-order valence-corrected chi connectivity index (χ3v) is 4.41. The average molecular weight is 224 g/mol. The number of thioether (sulfide) groups is 1. The first-order valence-corrected chi connectivity index (χ1v) is 5.94. The Bertz CT molecular complexity index is 368. The van der Waals surface area contributed by atoms with Gasteiger partial charge in [0.1, 0.15) is 5.75 Å². The average Bonchev–Trinajstić information content (AvgIpc) is 2.59. The molecule has 0 aromatic heterocycles. The van der Waals surface area contributed by atoms with Gasteiger partial charge in [0.15, 0.2) is 0 Å². The van der Waals surface area contributed by atoms with Gasteiger partial charge in [0, 0.05) is 10.1 Å². The second kappa shape index (κ2) is 3.72. The topological polar surface area (TPSA) is 29.5 Å². The molecule has 15 heavy (non-hydrogen) atoms. The van der Waals surface area contributed by atoms with Gasteiger partial charge in [-0.25, -0.2) is 0 Å². The summed E-state index contributed by atoms with van der Waals surface area (Å²) >= 11 is 1.76. The Morgan fingerprint density at radius 2 is 2.20 bits per heavy atom. The molecule has 0 radical (unpaired) electrons. The summed E-state index contributed by atoms with van der Waals surface area (Å²) in [4.78, 5) is 1.27. The van der Waals surface area contributed by atoms with Crippen LogP contribution in [-0.4, -0.2) is 23.1 Å². The molecule has 0 fully saturated rings. The molecular weight excluding hydrogens is 208 g/mol. The normalized spacial score (nSPS) is 20.1. The van der Waals surface area contributed by atoms with Gasteiger partial charge >= 0.3 is 0 Å². The third kappa shape index (κ3) is 2.13. The smallest absolute Gasteiger partial charge is 0.119 e. The van der Waals surface area contributed by atoms with Gasteiger partial charge in [0.25, 0.3) is 0 Å². The van der Waals surface area contributed by atoms with Gasteiger partial charge in [-0.05, 0) is 44.0 Å². The minimum absolute atomic E-state index is 0.250. The van der Waals surface area contributed by atoms with E-state index in [1.165, 1.54) is 10.5 Å². The third-order valence-electron chi connectivity index (χ3n) is 2.73. The van der Waals surface area contributed by atoms with Crippen molar-refractivity contribution in [3.05, 3.63) is 23.8 Å². The summed E-state index contributed by atoms with van der Waals surface area (Å²) < 4.78 is 5.19. The van der Waals surface area contributed by atoms with Gasteiger partial charge in [0.05, 0.1) is 12.7 Å². The van der Waals surface area contributed by atoms with E-state index in [-0.39, 0.29) is 5.25 Å². The zero-order valence-electron chi connectivity index (χ0n) is 9.28. The van der Waals surface area contributed by atoms with Crippen molar-refractivity contribution in [1.82, 2.24) is 0 Å². The van der Waals surface area contributed by atoms with Gasteiger partial charge in [0.2, 0.25) is 0 Å². The number of methoxy groups -OCH3 is 1. The molecular formula is C12H16O2S. The zero-order valence-corrected chi connectivity index (χ0v) is 10.1. The Hall–Kier alpha value is -0.670. The lowest BCUT2D eigenvalue weighted by Gasteiger charge is -2.23. The van der Waals surface area contributed by atoms with Crippen LogP contribution in [0.2, 0.25) is 0 Å². The van der Waals surface area contributed by atoms with Crippen LogP contribution in [0, 0.1) is 0 Å². The van der Waals surface area contributed by atoms with Crippen LogP contribution in [0.25, 0.3) is 0 Å². The zero-order chi connectivity index (χ0) is 11.1. The van der Waals surface area contributed by atoms with Crippen molar-refractivity contribution in [3.63, 3.8) is 0 Å². The van der Waals surface area contributed by atoms with Gasteiger partial charge in [-0.1, -0.05) is 0 Å². The van der Waals surface area contributed by atoms with Crippen molar-refractivity contribution in [2.45, 2.75) is 36.0 Å². The summed E-state index contributed by atoms with van der Waals surface area (Å²) in [6.45, 7) is 3.74. The predicted molar refractivity (Wildman–Crippen MR) is 62.6 cm³/mol. The first-order chi connectivity index (χ1) is 7.00. The maximum absolute atomic E-state index is 9.96. The molecule has 1 heterocycles. The van der Waals surface area contributed by atoms with Crippen molar-refractivity contribution < 1.29 is 9.84 Å². The molecule has 1 N–H and O–H groups in total. The number of aliphatic hydroxyl groups is 1. The molecule has 0 aliphatic carbocycles. The Morgan fingerprint density at radius 3 is 2.80 bits per heavy atom. The first-order valence-electron chi connectivity index (χ1n) is 5.06. The minimum atomic E-state index is -0.628. The van der Waals surface area contributed by atoms with Crippen LogP contribution in [0.5, 0.6) is 5.75 Å². The maximum atomic E-state index is 9.96. The molecule has 2 nitrogen and oxygen atoms in total. The number of hydrogen-bond acceptors (Lipinski definition) is 3. The lowest BCUT2D eigenvalue weighted by atomic mass is 9.98. The van der Waals surface area contributed by atoms with E-state index in [1.807, 2.05) is 19.9 Å². The molecule has 2 rings (SSSR count). The Balaban J connectivity index is 2.24. The number of benzene rings is 1. The standard InChI is InChI=1S/C12H16O2S/c1-12(2,13)11-7-8-6-9(14-3)4-5-10(8)15-11/h4-6,11,13H,7H2,1-3H3. The molecule has 1 aromatic carbocycles. The molecule has 0 saturated carbocycles. The first kappa shape index (κ1) is 10.8. The fourth-order valence-corrected chi connectivity index (χ4v) is 3.04. The van der Waals surface area contributed by atoms with Crippen LogP contribution in [0.4, 0.5) is 0 Å². The summed E-state index contributed by atoms with van der Waals surface area (Å²) in [6.07, 6.45) is 0.917.